The SMILES string of the molecule is CCCCc1ccc(C(NC(=O)CN2C(=O)C3C4C=CC(C4)C3C2=O)C(C)C)cc1. The molecule has 1 aromatic carbocycles. The van der Waals surface area contributed by atoms with Crippen molar-refractivity contribution < 1.29 is 14.4 Å². The van der Waals surface area contributed by atoms with E-state index in [0.29, 0.717) is 0 Å². The molecule has 2 bridgehead atoms. The Morgan fingerprint density at radius 1 is 1.07 bits per heavy atom. The Hall–Kier alpha value is -2.43. The molecule has 1 N–H and O–H groups in total. The summed E-state index contributed by atoms with van der Waals surface area (Å²) in [6, 6.07) is 8.27. The number of fused-ring (bicyclic) bond motifs is 5. The summed E-state index contributed by atoms with van der Waals surface area (Å²) < 4.78 is 0. The van der Waals surface area contributed by atoms with Crippen molar-refractivity contribution in [1.29, 1.82) is 0 Å². The molecule has 2 aliphatic carbocycles. The van der Waals surface area contributed by atoms with E-state index in [2.05, 4.69) is 62.5 Å². The van der Waals surface area contributed by atoms with Gasteiger partial charge in [-0.1, -0.05) is 63.6 Å². The summed E-state index contributed by atoms with van der Waals surface area (Å²) in [5, 5.41) is 3.07. The summed E-state index contributed by atoms with van der Waals surface area (Å²) in [7, 11) is 0. The Kier molecular flexibility index (Phi) is 5.81. The van der Waals surface area contributed by atoms with Crippen LogP contribution in [0.5, 0.6) is 0 Å². The number of carbonyl (C=O) groups excluding carboxylic acids is 3. The van der Waals surface area contributed by atoms with Crippen molar-refractivity contribution >= 4 is 17.7 Å². The van der Waals surface area contributed by atoms with Gasteiger partial charge in [0.1, 0.15) is 6.54 Å². The molecule has 0 aromatic heterocycles. The molecule has 1 aliphatic heterocycles. The summed E-state index contributed by atoms with van der Waals surface area (Å²) in [6.45, 7) is 6.14. The summed E-state index contributed by atoms with van der Waals surface area (Å²) in [4.78, 5) is 39.7. The molecule has 5 atom stereocenters. The fourth-order valence-electron chi connectivity index (χ4n) is 5.39. The number of hydrogen-bond donors (Lipinski definition) is 1. The highest BCUT2D eigenvalue weighted by Crippen LogP contribution is 2.52. The highest BCUT2D eigenvalue weighted by atomic mass is 16.2. The number of likely N-dealkylation sites (tertiary alicyclic amines) is 1. The first kappa shape index (κ1) is 20.8. The zero-order valence-electron chi connectivity index (χ0n) is 18.1. The van der Waals surface area contributed by atoms with E-state index in [1.165, 1.54) is 23.3 Å². The van der Waals surface area contributed by atoms with E-state index in [1.54, 1.807) is 0 Å². The predicted molar refractivity (Wildman–Crippen MR) is 115 cm³/mol. The lowest BCUT2D eigenvalue weighted by atomic mass is 9.85. The van der Waals surface area contributed by atoms with Crippen molar-refractivity contribution in [2.24, 2.45) is 29.6 Å². The molecule has 1 saturated carbocycles. The Morgan fingerprint density at radius 2 is 1.67 bits per heavy atom. The maximum absolute atomic E-state index is 12.8. The number of nitrogens with one attached hydrogen (secondary N) is 1. The van der Waals surface area contributed by atoms with Crippen LogP contribution in [0.4, 0.5) is 0 Å². The number of nitrogens with zero attached hydrogens (tertiary/aromatic N) is 1. The first-order chi connectivity index (χ1) is 14.4. The second kappa shape index (κ2) is 8.37. The highest BCUT2D eigenvalue weighted by Gasteiger charge is 2.59. The number of amides is 3. The normalized spacial score (nSPS) is 27.8. The first-order valence-corrected chi connectivity index (χ1v) is 11.3. The molecule has 160 valence electrons. The number of benzene rings is 1. The van der Waals surface area contributed by atoms with Crippen molar-refractivity contribution in [2.75, 3.05) is 6.54 Å². The van der Waals surface area contributed by atoms with Gasteiger partial charge in [-0.25, -0.2) is 0 Å². The zero-order valence-corrected chi connectivity index (χ0v) is 18.1. The number of rotatable bonds is 8. The molecular formula is C25H32N2O3. The van der Waals surface area contributed by atoms with Gasteiger partial charge in [0, 0.05) is 0 Å². The molecule has 3 amide bonds. The number of allylic oxidation sites excluding steroid dienone is 2. The minimum Gasteiger partial charge on any atom is -0.347 e. The number of imide groups is 1. The van der Waals surface area contributed by atoms with Crippen LogP contribution in [0.3, 0.4) is 0 Å². The Labute approximate surface area is 178 Å². The fourth-order valence-corrected chi connectivity index (χ4v) is 5.39. The molecule has 0 radical (unpaired) electrons. The Balaban J connectivity index is 1.41. The smallest absolute Gasteiger partial charge is 0.240 e. The quantitative estimate of drug-likeness (QED) is 0.527. The number of unbranched alkanes of at least 4 members (excludes halogenated alkanes) is 1. The van der Waals surface area contributed by atoms with Crippen molar-refractivity contribution in [1.82, 2.24) is 10.2 Å². The monoisotopic (exact) mass is 408 g/mol. The van der Waals surface area contributed by atoms with E-state index in [0.717, 1.165) is 18.4 Å². The molecule has 5 unspecified atom stereocenters. The summed E-state index contributed by atoms with van der Waals surface area (Å²) >= 11 is 0. The third-order valence-electron chi connectivity index (χ3n) is 7.00. The van der Waals surface area contributed by atoms with Crippen molar-refractivity contribution in [3.8, 4) is 0 Å². The highest BCUT2D eigenvalue weighted by molar-refractivity contribution is 6.08. The minimum atomic E-state index is -0.272. The zero-order chi connectivity index (χ0) is 21.4. The molecule has 5 nitrogen and oxygen atoms in total. The largest absolute Gasteiger partial charge is 0.347 e. The van der Waals surface area contributed by atoms with E-state index >= 15 is 0 Å². The third kappa shape index (κ3) is 3.70. The van der Waals surface area contributed by atoms with E-state index in [4.69, 9.17) is 0 Å². The van der Waals surface area contributed by atoms with Crippen LogP contribution in [-0.4, -0.2) is 29.2 Å². The molecule has 30 heavy (non-hydrogen) atoms. The van der Waals surface area contributed by atoms with Crippen LogP contribution in [0, 0.1) is 29.6 Å². The van der Waals surface area contributed by atoms with Crippen molar-refractivity contribution in [2.45, 2.75) is 52.5 Å². The van der Waals surface area contributed by atoms with Crippen LogP contribution in [0.2, 0.25) is 0 Å². The average molecular weight is 409 g/mol. The van der Waals surface area contributed by atoms with Gasteiger partial charge in [-0.05, 0) is 48.1 Å². The standard InChI is InChI=1S/C25H32N2O3/c1-4-5-6-16-7-9-17(10-8-16)23(15(2)3)26-20(28)14-27-24(29)21-18-11-12-19(13-18)22(21)25(27)30/h7-12,15,18-19,21-23H,4-6,13-14H2,1-3H3,(H,26,28). The van der Waals surface area contributed by atoms with E-state index in [1.807, 2.05) is 0 Å². The van der Waals surface area contributed by atoms with Crippen LogP contribution in [0.25, 0.3) is 0 Å². The molecule has 0 spiro atoms. The van der Waals surface area contributed by atoms with Gasteiger partial charge in [0.05, 0.1) is 17.9 Å². The maximum atomic E-state index is 12.8. The molecular weight excluding hydrogens is 376 g/mol. The Bertz CT molecular complexity index is 828. The van der Waals surface area contributed by atoms with Gasteiger partial charge in [0.2, 0.25) is 17.7 Å². The van der Waals surface area contributed by atoms with Crippen LogP contribution in [0.1, 0.15) is 57.2 Å². The third-order valence-corrected chi connectivity index (χ3v) is 7.00. The molecule has 3 aliphatic rings. The lowest BCUT2D eigenvalue weighted by Gasteiger charge is -2.25. The van der Waals surface area contributed by atoms with Gasteiger partial charge in [0.15, 0.2) is 0 Å². The molecule has 5 heteroatoms. The van der Waals surface area contributed by atoms with Crippen LogP contribution in [0.15, 0.2) is 36.4 Å². The van der Waals surface area contributed by atoms with Gasteiger partial charge < -0.3 is 5.32 Å². The van der Waals surface area contributed by atoms with E-state index in [-0.39, 0.29) is 59.9 Å². The van der Waals surface area contributed by atoms with Gasteiger partial charge in [-0.3, -0.25) is 19.3 Å². The number of hydrogen-bond acceptors (Lipinski definition) is 3. The molecule has 2 fully saturated rings. The second-order valence-electron chi connectivity index (χ2n) is 9.40. The predicted octanol–water partition coefficient (Wildman–Crippen LogP) is 3.65. The minimum absolute atomic E-state index is 0.150. The number of aryl methyl sites for hydroxylation is 1. The van der Waals surface area contributed by atoms with Gasteiger partial charge in [0.25, 0.3) is 0 Å². The summed E-state index contributed by atoms with van der Waals surface area (Å²) in [5.41, 5.74) is 2.36. The Morgan fingerprint density at radius 3 is 2.20 bits per heavy atom. The van der Waals surface area contributed by atoms with Crippen LogP contribution in [-0.2, 0) is 20.8 Å². The van der Waals surface area contributed by atoms with Gasteiger partial charge in [-0.15, -0.1) is 0 Å². The van der Waals surface area contributed by atoms with Gasteiger partial charge >= 0.3 is 0 Å². The molecule has 1 saturated heterocycles. The summed E-state index contributed by atoms with van der Waals surface area (Å²) in [5.74, 6) is -0.589. The number of carbonyl (C=O) groups is 3. The molecule has 1 aromatic rings. The van der Waals surface area contributed by atoms with Crippen LogP contribution >= 0.6 is 0 Å². The van der Waals surface area contributed by atoms with Gasteiger partial charge in [-0.2, -0.15) is 0 Å². The maximum Gasteiger partial charge on any atom is 0.240 e. The first-order valence-electron chi connectivity index (χ1n) is 11.3. The van der Waals surface area contributed by atoms with Crippen LogP contribution < -0.4 is 5.32 Å². The van der Waals surface area contributed by atoms with E-state index < -0.39 is 0 Å². The van der Waals surface area contributed by atoms with Crippen molar-refractivity contribution in [3.05, 3.63) is 47.5 Å². The van der Waals surface area contributed by atoms with Crippen molar-refractivity contribution in [3.63, 3.8) is 0 Å². The van der Waals surface area contributed by atoms with E-state index in [9.17, 15) is 14.4 Å². The summed E-state index contributed by atoms with van der Waals surface area (Å²) in [6.07, 6.45) is 8.43. The molecule has 4 rings (SSSR count). The average Bonchev–Trinajstić information content (AvgIpc) is 3.41. The fraction of sp³-hybridized carbons (Fsp3) is 0.560. The lowest BCUT2D eigenvalue weighted by Crippen LogP contribution is -2.43. The topological polar surface area (TPSA) is 66.5 Å². The molecule has 1 heterocycles. The second-order valence-corrected chi connectivity index (χ2v) is 9.40. The lowest BCUT2D eigenvalue weighted by molar-refractivity contribution is -0.144.